The maximum atomic E-state index is 11.9. The van der Waals surface area contributed by atoms with Gasteiger partial charge in [-0.05, 0) is 12.1 Å². The molecule has 2 amide bonds. The lowest BCUT2D eigenvalue weighted by Gasteiger charge is -2.12. The molecule has 1 aliphatic heterocycles. The first kappa shape index (κ1) is 17.5. The summed E-state index contributed by atoms with van der Waals surface area (Å²) in [7, 11) is 0. The number of amides is 2. The lowest BCUT2D eigenvalue weighted by molar-refractivity contribution is -0.140. The molecule has 0 saturated heterocycles. The van der Waals surface area contributed by atoms with Crippen molar-refractivity contribution >= 4 is 40.9 Å². The maximum Gasteiger partial charge on any atom is 0.355 e. The van der Waals surface area contributed by atoms with Gasteiger partial charge in [-0.3, -0.25) is 9.59 Å². The number of carbonyl (C=O) groups excluding carboxylic acids is 3. The number of ether oxygens (including phenoxy) is 1. The van der Waals surface area contributed by atoms with Gasteiger partial charge in [0.15, 0.2) is 6.61 Å². The number of esters is 1. The molecule has 0 atom stereocenters. The Morgan fingerprint density at radius 2 is 2.17 bits per heavy atom. The quantitative estimate of drug-likeness (QED) is 0.587. The van der Waals surface area contributed by atoms with Gasteiger partial charge in [-0.2, -0.15) is 10.4 Å². The molecule has 0 aliphatic carbocycles. The second kappa shape index (κ2) is 8.69. The highest BCUT2D eigenvalue weighted by Crippen LogP contribution is 2.26. The van der Waals surface area contributed by atoms with Crippen molar-refractivity contribution in [3.63, 3.8) is 0 Å². The van der Waals surface area contributed by atoms with Crippen molar-refractivity contribution in [2.24, 2.45) is 5.10 Å². The van der Waals surface area contributed by atoms with Gasteiger partial charge in [-0.15, -0.1) is 11.8 Å². The molecule has 0 saturated carbocycles. The average Bonchev–Trinajstić information content (AvgIpc) is 2.59. The van der Waals surface area contributed by atoms with E-state index in [4.69, 9.17) is 10.00 Å². The van der Waals surface area contributed by atoms with Gasteiger partial charge in [-0.25, -0.2) is 10.2 Å². The molecule has 0 spiro atoms. The summed E-state index contributed by atoms with van der Waals surface area (Å²) in [6.45, 7) is -0.469. The number of benzene rings is 1. The van der Waals surface area contributed by atoms with E-state index >= 15 is 0 Å². The molecule has 2 N–H and O–H groups in total. The number of nitrogens with zero attached hydrogens (tertiary/aromatic N) is 2. The van der Waals surface area contributed by atoms with E-state index in [0.717, 1.165) is 4.90 Å². The monoisotopic (exact) mass is 346 g/mol. The number of nitrogens with one attached hydrogen (secondary N) is 2. The molecule has 0 unspecified atom stereocenters. The Labute approximate surface area is 142 Å². The van der Waals surface area contributed by atoms with Gasteiger partial charge < -0.3 is 10.1 Å². The molecule has 124 valence electrons. The number of para-hydroxylation sites is 1. The van der Waals surface area contributed by atoms with E-state index in [1.54, 1.807) is 24.3 Å². The highest BCUT2D eigenvalue weighted by Gasteiger charge is 2.20. The topological polar surface area (TPSA) is 121 Å². The lowest BCUT2D eigenvalue weighted by atomic mass is 10.2. The predicted octanol–water partition coefficient (Wildman–Crippen LogP) is 1.05. The summed E-state index contributed by atoms with van der Waals surface area (Å²) in [5.74, 6) is -1.25. The Morgan fingerprint density at radius 3 is 2.88 bits per heavy atom. The van der Waals surface area contributed by atoms with Gasteiger partial charge in [0.05, 0.1) is 17.5 Å². The number of nitriles is 1. The molecular weight excluding hydrogens is 332 g/mol. The van der Waals surface area contributed by atoms with Crippen LogP contribution in [0.1, 0.15) is 12.8 Å². The normalized spacial score (nSPS) is 13.3. The highest BCUT2D eigenvalue weighted by atomic mass is 32.2. The fourth-order valence-corrected chi connectivity index (χ4v) is 2.50. The van der Waals surface area contributed by atoms with Crippen molar-refractivity contribution in [1.82, 2.24) is 5.43 Å². The Morgan fingerprint density at radius 1 is 1.38 bits per heavy atom. The van der Waals surface area contributed by atoms with Crippen LogP contribution < -0.4 is 10.7 Å². The van der Waals surface area contributed by atoms with Crippen molar-refractivity contribution < 1.29 is 19.1 Å². The van der Waals surface area contributed by atoms with E-state index in [2.05, 4.69) is 15.8 Å². The van der Waals surface area contributed by atoms with E-state index < -0.39 is 18.5 Å². The molecule has 1 aromatic rings. The molecule has 1 aliphatic rings. The summed E-state index contributed by atoms with van der Waals surface area (Å²) in [6.07, 6.45) is 0.337. The summed E-state index contributed by atoms with van der Waals surface area (Å²) in [4.78, 5) is 35.4. The molecule has 9 heteroatoms. The maximum absolute atomic E-state index is 11.9. The molecule has 0 aromatic heterocycles. The van der Waals surface area contributed by atoms with E-state index in [9.17, 15) is 14.4 Å². The smallest absolute Gasteiger partial charge is 0.355 e. The second-order valence-corrected chi connectivity index (χ2v) is 5.68. The third-order valence-corrected chi connectivity index (χ3v) is 3.87. The zero-order chi connectivity index (χ0) is 17.4. The van der Waals surface area contributed by atoms with Crippen LogP contribution in [0.5, 0.6) is 0 Å². The van der Waals surface area contributed by atoms with Gasteiger partial charge in [0.2, 0.25) is 5.91 Å². The van der Waals surface area contributed by atoms with Gasteiger partial charge in [-0.1, -0.05) is 12.1 Å². The first-order chi connectivity index (χ1) is 11.6. The molecule has 2 rings (SSSR count). The first-order valence-corrected chi connectivity index (χ1v) is 8.00. The Hall–Kier alpha value is -2.86. The standard InChI is InChI=1S/C15H14N4O4S/c16-7-8-24-12-4-2-1-3-10(12)17-14(21)9-23-15(22)11-5-6-13(20)19-18-11/h1-4H,5-6,8-9H2,(H,17,21)(H,19,20). The molecule has 1 heterocycles. The number of rotatable bonds is 6. The van der Waals surface area contributed by atoms with Crippen molar-refractivity contribution in [1.29, 1.82) is 5.26 Å². The van der Waals surface area contributed by atoms with Gasteiger partial charge >= 0.3 is 5.97 Å². The third kappa shape index (κ3) is 5.10. The van der Waals surface area contributed by atoms with Crippen LogP contribution >= 0.6 is 11.8 Å². The summed E-state index contributed by atoms with van der Waals surface area (Å²) < 4.78 is 4.88. The number of hydrogen-bond donors (Lipinski definition) is 2. The van der Waals surface area contributed by atoms with Crippen molar-refractivity contribution in [3.05, 3.63) is 24.3 Å². The van der Waals surface area contributed by atoms with Crippen LogP contribution in [0.2, 0.25) is 0 Å². The SMILES string of the molecule is N#CCSc1ccccc1NC(=O)COC(=O)C1=NNC(=O)CC1. The Bertz CT molecular complexity index is 726. The van der Waals surface area contributed by atoms with Crippen LogP contribution in [0.4, 0.5) is 5.69 Å². The van der Waals surface area contributed by atoms with Crippen LogP contribution in [0, 0.1) is 11.3 Å². The summed E-state index contributed by atoms with van der Waals surface area (Å²) in [5.41, 5.74) is 2.80. The fraction of sp³-hybridized carbons (Fsp3) is 0.267. The van der Waals surface area contributed by atoms with Gasteiger partial charge in [0, 0.05) is 17.7 Å². The second-order valence-electron chi connectivity index (χ2n) is 4.66. The van der Waals surface area contributed by atoms with Crippen LogP contribution in [0.15, 0.2) is 34.3 Å². The number of thioether (sulfide) groups is 1. The van der Waals surface area contributed by atoms with E-state index in [-0.39, 0.29) is 30.2 Å². The Balaban J connectivity index is 1.87. The van der Waals surface area contributed by atoms with Crippen molar-refractivity contribution in [2.75, 3.05) is 17.7 Å². The molecule has 0 bridgehead atoms. The minimum atomic E-state index is -0.739. The number of carbonyl (C=O) groups is 3. The minimum Gasteiger partial charge on any atom is -0.451 e. The molecule has 0 fully saturated rings. The Kier molecular flexibility index (Phi) is 6.33. The van der Waals surface area contributed by atoms with Crippen LogP contribution in [-0.2, 0) is 19.1 Å². The zero-order valence-corrected chi connectivity index (χ0v) is 13.4. The van der Waals surface area contributed by atoms with E-state index in [1.165, 1.54) is 11.8 Å². The zero-order valence-electron chi connectivity index (χ0n) is 12.6. The van der Waals surface area contributed by atoms with Crippen LogP contribution in [0.25, 0.3) is 0 Å². The molecule has 24 heavy (non-hydrogen) atoms. The first-order valence-electron chi connectivity index (χ1n) is 7.01. The largest absolute Gasteiger partial charge is 0.451 e. The molecule has 1 aromatic carbocycles. The van der Waals surface area contributed by atoms with Crippen LogP contribution in [-0.4, -0.2) is 35.9 Å². The van der Waals surface area contributed by atoms with Gasteiger partial charge in [0.1, 0.15) is 5.71 Å². The minimum absolute atomic E-state index is 0.0763. The summed E-state index contributed by atoms with van der Waals surface area (Å²) in [5, 5.41) is 14.9. The van der Waals surface area contributed by atoms with Crippen molar-refractivity contribution in [2.45, 2.75) is 17.7 Å². The number of hydrogen-bond acceptors (Lipinski definition) is 7. The number of anilines is 1. The molecule has 0 radical (unpaired) electrons. The van der Waals surface area contributed by atoms with E-state index in [0.29, 0.717) is 5.69 Å². The van der Waals surface area contributed by atoms with E-state index in [1.807, 2.05) is 6.07 Å². The number of hydrazone groups is 1. The summed E-state index contributed by atoms with van der Waals surface area (Å²) >= 11 is 1.29. The predicted molar refractivity (Wildman–Crippen MR) is 87.2 cm³/mol. The van der Waals surface area contributed by atoms with Crippen molar-refractivity contribution in [3.8, 4) is 6.07 Å². The highest BCUT2D eigenvalue weighted by molar-refractivity contribution is 7.99. The van der Waals surface area contributed by atoms with Crippen LogP contribution in [0.3, 0.4) is 0 Å². The fourth-order valence-electron chi connectivity index (χ4n) is 1.83. The summed E-state index contributed by atoms with van der Waals surface area (Å²) in [6, 6.07) is 9.03. The molecular formula is C15H14N4O4S. The van der Waals surface area contributed by atoms with Gasteiger partial charge in [0.25, 0.3) is 5.91 Å². The average molecular weight is 346 g/mol. The lowest BCUT2D eigenvalue weighted by Crippen LogP contribution is -2.32. The third-order valence-electron chi connectivity index (χ3n) is 2.93. The molecule has 8 nitrogen and oxygen atoms in total.